The quantitative estimate of drug-likeness (QED) is 0.685. The lowest BCUT2D eigenvalue weighted by atomic mass is 10.2. The maximum Gasteiger partial charge on any atom is 0.257 e. The number of hydrogen-bond donors (Lipinski definition) is 3. The van der Waals surface area contributed by atoms with Crippen LogP contribution in [0, 0.1) is 0 Å². The van der Waals surface area contributed by atoms with Crippen molar-refractivity contribution in [3.63, 3.8) is 0 Å². The fraction of sp³-hybridized carbons (Fsp3) is 0.100. The number of primary sulfonamides is 1. The van der Waals surface area contributed by atoms with E-state index in [1.165, 1.54) is 30.5 Å². The summed E-state index contributed by atoms with van der Waals surface area (Å²) in [5.74, 6) is 0. The summed E-state index contributed by atoms with van der Waals surface area (Å²) in [5, 5.41) is 10.8. The highest BCUT2D eigenvalue weighted by atomic mass is 32.2. The highest BCUT2D eigenvalue weighted by molar-refractivity contribution is 7.89. The summed E-state index contributed by atoms with van der Waals surface area (Å²) < 4.78 is 48.4. The number of rotatable bonds is 5. The lowest BCUT2D eigenvalue weighted by Gasteiger charge is -2.06. The molecule has 0 bridgehead atoms. The van der Waals surface area contributed by atoms with Gasteiger partial charge in [0.25, 0.3) is 10.0 Å². The predicted molar refractivity (Wildman–Crippen MR) is 70.4 cm³/mol. The second-order valence-electron chi connectivity index (χ2n) is 3.94. The molecule has 0 spiro atoms. The first-order valence-corrected chi connectivity index (χ1v) is 8.43. The summed E-state index contributed by atoms with van der Waals surface area (Å²) in [5.41, 5.74) is 0.472. The molecule has 1 aromatic heterocycles. The SMILES string of the molecule is NS(=O)(=O)c1cccc(CNS(=O)(=O)c2ccn[nH]2)c1. The topological polar surface area (TPSA) is 135 Å². The number of benzene rings is 1. The van der Waals surface area contributed by atoms with E-state index >= 15 is 0 Å². The van der Waals surface area contributed by atoms with Gasteiger partial charge in [-0.25, -0.2) is 26.7 Å². The zero-order valence-corrected chi connectivity index (χ0v) is 11.8. The Morgan fingerprint density at radius 3 is 2.55 bits per heavy atom. The lowest BCUT2D eigenvalue weighted by molar-refractivity contribution is 0.577. The molecule has 0 unspecified atom stereocenters. The Kier molecular flexibility index (Phi) is 3.90. The van der Waals surface area contributed by atoms with Crippen LogP contribution in [0.15, 0.2) is 46.5 Å². The molecule has 0 fully saturated rings. The van der Waals surface area contributed by atoms with Crippen molar-refractivity contribution in [3.8, 4) is 0 Å². The number of nitrogens with two attached hydrogens (primary N) is 1. The first-order chi connectivity index (χ1) is 9.29. The van der Waals surface area contributed by atoms with E-state index in [1.807, 2.05) is 0 Å². The summed E-state index contributed by atoms with van der Waals surface area (Å²) in [7, 11) is -7.53. The zero-order valence-electron chi connectivity index (χ0n) is 10.1. The monoisotopic (exact) mass is 316 g/mol. The van der Waals surface area contributed by atoms with Gasteiger partial charge < -0.3 is 0 Å². The van der Waals surface area contributed by atoms with Crippen molar-refractivity contribution in [2.24, 2.45) is 5.14 Å². The van der Waals surface area contributed by atoms with E-state index < -0.39 is 20.0 Å². The van der Waals surface area contributed by atoms with Crippen molar-refractivity contribution in [3.05, 3.63) is 42.1 Å². The van der Waals surface area contributed by atoms with Gasteiger partial charge in [0.15, 0.2) is 5.03 Å². The summed E-state index contributed by atoms with van der Waals surface area (Å²) in [6.07, 6.45) is 1.32. The highest BCUT2D eigenvalue weighted by Crippen LogP contribution is 2.11. The van der Waals surface area contributed by atoms with Crippen LogP contribution in [0.4, 0.5) is 0 Å². The van der Waals surface area contributed by atoms with Crippen molar-refractivity contribution < 1.29 is 16.8 Å². The van der Waals surface area contributed by atoms with Crippen LogP contribution in [0.5, 0.6) is 0 Å². The molecule has 8 nitrogen and oxygen atoms in total. The number of aromatic nitrogens is 2. The molecule has 10 heteroatoms. The van der Waals surface area contributed by atoms with Gasteiger partial charge in [0, 0.05) is 6.54 Å². The van der Waals surface area contributed by atoms with Crippen molar-refractivity contribution in [2.45, 2.75) is 16.5 Å². The van der Waals surface area contributed by atoms with Crippen molar-refractivity contribution in [2.75, 3.05) is 0 Å². The van der Waals surface area contributed by atoms with Crippen molar-refractivity contribution >= 4 is 20.0 Å². The second kappa shape index (κ2) is 5.32. The molecule has 1 aromatic carbocycles. The summed E-state index contributed by atoms with van der Waals surface area (Å²) >= 11 is 0. The lowest BCUT2D eigenvalue weighted by Crippen LogP contribution is -2.23. The van der Waals surface area contributed by atoms with Crippen LogP contribution in [-0.2, 0) is 26.6 Å². The highest BCUT2D eigenvalue weighted by Gasteiger charge is 2.15. The molecule has 2 aromatic rings. The van der Waals surface area contributed by atoms with Crippen LogP contribution >= 0.6 is 0 Å². The first-order valence-electron chi connectivity index (χ1n) is 5.40. The largest absolute Gasteiger partial charge is 0.266 e. The average Bonchev–Trinajstić information content (AvgIpc) is 2.90. The Hall–Kier alpha value is -1.75. The Balaban J connectivity index is 2.16. The van der Waals surface area contributed by atoms with Crippen molar-refractivity contribution in [1.82, 2.24) is 14.9 Å². The maximum atomic E-state index is 11.8. The van der Waals surface area contributed by atoms with Gasteiger partial charge >= 0.3 is 0 Å². The Bertz CT molecular complexity index is 798. The predicted octanol–water partition coefficient (Wildman–Crippen LogP) is -0.464. The van der Waals surface area contributed by atoms with Crippen LogP contribution in [0.1, 0.15) is 5.56 Å². The number of nitrogens with one attached hydrogen (secondary N) is 2. The minimum atomic E-state index is -3.82. The molecule has 0 saturated carbocycles. The molecule has 0 saturated heterocycles. The minimum Gasteiger partial charge on any atom is -0.266 e. The molecular weight excluding hydrogens is 304 g/mol. The molecule has 0 aliphatic rings. The average molecular weight is 316 g/mol. The summed E-state index contributed by atoms with van der Waals surface area (Å²) in [4.78, 5) is -0.0734. The standard InChI is InChI=1S/C10H12N4O4S2/c11-19(15,16)9-3-1-2-8(6-9)7-13-20(17,18)10-4-5-12-14-10/h1-6,13H,7H2,(H,12,14)(H2,11,15,16). The third kappa shape index (κ3) is 3.42. The Labute approximate surface area is 116 Å². The molecule has 0 aliphatic heterocycles. The van der Waals surface area contributed by atoms with Crippen LogP contribution in [0.2, 0.25) is 0 Å². The molecule has 1 heterocycles. The van der Waals surface area contributed by atoms with E-state index in [4.69, 9.17) is 5.14 Å². The molecule has 0 aliphatic carbocycles. The van der Waals surface area contributed by atoms with Crippen LogP contribution in [-0.4, -0.2) is 27.0 Å². The van der Waals surface area contributed by atoms with Crippen LogP contribution in [0.25, 0.3) is 0 Å². The van der Waals surface area contributed by atoms with Gasteiger partial charge in [-0.1, -0.05) is 12.1 Å². The number of H-pyrrole nitrogens is 1. The van der Waals surface area contributed by atoms with Gasteiger partial charge in [0.1, 0.15) is 0 Å². The number of nitrogens with zero attached hydrogens (tertiary/aromatic N) is 1. The molecule has 0 radical (unpaired) electrons. The number of hydrogen-bond acceptors (Lipinski definition) is 5. The summed E-state index contributed by atoms with van der Waals surface area (Å²) in [6.45, 7) is -0.0648. The van der Waals surface area contributed by atoms with Crippen LogP contribution < -0.4 is 9.86 Å². The minimum absolute atomic E-state index is 0.0648. The van der Waals surface area contributed by atoms with E-state index in [2.05, 4.69) is 14.9 Å². The molecule has 0 atom stereocenters. The smallest absolute Gasteiger partial charge is 0.257 e. The molecule has 0 amide bonds. The zero-order chi connectivity index (χ0) is 14.8. The second-order valence-corrected chi connectivity index (χ2v) is 7.23. The molecule has 108 valence electrons. The van der Waals surface area contributed by atoms with Gasteiger partial charge in [-0.2, -0.15) is 5.10 Å². The summed E-state index contributed by atoms with van der Waals surface area (Å²) in [6, 6.07) is 7.03. The van der Waals surface area contributed by atoms with Crippen molar-refractivity contribution in [1.29, 1.82) is 0 Å². The fourth-order valence-corrected chi connectivity index (χ4v) is 2.99. The third-order valence-corrected chi connectivity index (χ3v) is 4.70. The molecule has 20 heavy (non-hydrogen) atoms. The van der Waals surface area contributed by atoms with E-state index in [1.54, 1.807) is 6.07 Å². The normalized spacial score (nSPS) is 12.4. The van der Waals surface area contributed by atoms with E-state index in [-0.39, 0.29) is 16.5 Å². The van der Waals surface area contributed by atoms with Gasteiger partial charge in [-0.05, 0) is 23.8 Å². The molecule has 4 N–H and O–H groups in total. The number of aromatic amines is 1. The first kappa shape index (κ1) is 14.7. The van der Waals surface area contributed by atoms with Gasteiger partial charge in [-0.15, -0.1) is 0 Å². The number of sulfonamides is 2. The molecular formula is C10H12N4O4S2. The van der Waals surface area contributed by atoms with E-state index in [0.717, 1.165) is 0 Å². The molecule has 2 rings (SSSR count). The maximum absolute atomic E-state index is 11.8. The van der Waals surface area contributed by atoms with E-state index in [0.29, 0.717) is 5.56 Å². The van der Waals surface area contributed by atoms with Gasteiger partial charge in [0.2, 0.25) is 10.0 Å². The fourth-order valence-electron chi connectivity index (χ4n) is 1.48. The Morgan fingerprint density at radius 2 is 1.95 bits per heavy atom. The Morgan fingerprint density at radius 1 is 1.20 bits per heavy atom. The van der Waals surface area contributed by atoms with Gasteiger partial charge in [0.05, 0.1) is 11.1 Å². The van der Waals surface area contributed by atoms with E-state index in [9.17, 15) is 16.8 Å². The van der Waals surface area contributed by atoms with Crippen LogP contribution in [0.3, 0.4) is 0 Å². The third-order valence-electron chi connectivity index (χ3n) is 2.46. The van der Waals surface area contributed by atoms with Gasteiger partial charge in [-0.3, -0.25) is 5.10 Å².